The van der Waals surface area contributed by atoms with E-state index in [1.807, 2.05) is 12.1 Å². The van der Waals surface area contributed by atoms with E-state index in [1.54, 1.807) is 12.1 Å². The van der Waals surface area contributed by atoms with Crippen LogP contribution in [0.1, 0.15) is 58.4 Å². The summed E-state index contributed by atoms with van der Waals surface area (Å²) in [5.41, 5.74) is 0.0561. The minimum atomic E-state index is -2.87. The van der Waals surface area contributed by atoms with Gasteiger partial charge < -0.3 is 19.4 Å². The molecule has 0 heterocycles. The summed E-state index contributed by atoms with van der Waals surface area (Å²) in [7, 11) is -1.48. The normalized spacial score (nSPS) is 22.4. The quantitative estimate of drug-likeness (QED) is 0.108. The number of carbonyl (C=O) groups excluding carboxylic acids is 1. The van der Waals surface area contributed by atoms with Crippen molar-refractivity contribution in [1.29, 1.82) is 0 Å². The number of aliphatic hydroxyl groups excluding tert-OH is 2. The van der Waals surface area contributed by atoms with Gasteiger partial charge in [-0.15, -0.1) is 0 Å². The molecule has 1 saturated carbocycles. The number of unbranched alkanes of at least 4 members (excludes halogenated alkanes) is 1. The van der Waals surface area contributed by atoms with Crippen LogP contribution in [0.25, 0.3) is 0 Å². The topological polar surface area (TPSA) is 76.0 Å². The number of carbonyl (C=O) groups is 1. The van der Waals surface area contributed by atoms with E-state index < -0.39 is 19.8 Å². The van der Waals surface area contributed by atoms with Crippen LogP contribution in [-0.4, -0.2) is 50.9 Å². The Balaban J connectivity index is 1.71. The first-order valence-corrected chi connectivity index (χ1v) is 17.5. The molecule has 0 radical (unpaired) electrons. The zero-order valence-corrected chi connectivity index (χ0v) is 27.4. The van der Waals surface area contributed by atoms with Crippen LogP contribution in [0.3, 0.4) is 0 Å². The van der Waals surface area contributed by atoms with Gasteiger partial charge in [-0.2, -0.15) is 0 Å². The molecule has 0 saturated heterocycles. The van der Waals surface area contributed by atoms with Gasteiger partial charge in [0.25, 0.3) is 8.32 Å². The smallest absolute Gasteiger partial charge is 0.305 e. The Labute approximate surface area is 262 Å². The highest BCUT2D eigenvalue weighted by Crippen LogP contribution is 2.51. The number of hydrogen-bond acceptors (Lipinski definition) is 5. The van der Waals surface area contributed by atoms with Gasteiger partial charge in [-0.05, 0) is 64.7 Å². The zero-order valence-electron chi connectivity index (χ0n) is 26.4. The second-order valence-corrected chi connectivity index (χ2v) is 17.3. The number of ether oxygens (including phenoxy) is 1. The molecule has 0 amide bonds. The van der Waals surface area contributed by atoms with Crippen LogP contribution in [-0.2, 0) is 19.4 Å². The average molecular weight is 619 g/mol. The van der Waals surface area contributed by atoms with Crippen LogP contribution in [0.15, 0.2) is 97.1 Å². The minimum absolute atomic E-state index is 0.164. The van der Waals surface area contributed by atoms with Gasteiger partial charge in [0.2, 0.25) is 0 Å². The van der Waals surface area contributed by atoms with Gasteiger partial charge in [0.05, 0.1) is 19.8 Å². The molecule has 1 aliphatic rings. The van der Waals surface area contributed by atoms with Crippen LogP contribution in [0.5, 0.6) is 0 Å². The molecule has 3 aromatic rings. The molecule has 0 aliphatic heterocycles. The Morgan fingerprint density at radius 3 is 2.09 bits per heavy atom. The first-order valence-electron chi connectivity index (χ1n) is 15.6. The van der Waals surface area contributed by atoms with Crippen molar-refractivity contribution in [2.45, 2.75) is 69.4 Å². The average Bonchev–Trinajstić information content (AvgIpc) is 3.30. The van der Waals surface area contributed by atoms with Crippen molar-refractivity contribution < 1.29 is 28.6 Å². The largest absolute Gasteiger partial charge is 0.469 e. The predicted molar refractivity (Wildman–Crippen MR) is 176 cm³/mol. The molecule has 3 aromatic carbocycles. The lowest BCUT2D eigenvalue weighted by Crippen LogP contribution is -2.67. The molecule has 44 heavy (non-hydrogen) atoms. The molecule has 4 atom stereocenters. The van der Waals surface area contributed by atoms with Gasteiger partial charge in [0.15, 0.2) is 0 Å². The molecule has 4 rings (SSSR count). The van der Waals surface area contributed by atoms with Crippen LogP contribution in [0.2, 0.25) is 5.04 Å². The van der Waals surface area contributed by atoms with E-state index in [4.69, 9.17) is 9.16 Å². The van der Waals surface area contributed by atoms with Crippen molar-refractivity contribution in [2.24, 2.45) is 11.8 Å². The van der Waals surface area contributed by atoms with E-state index in [9.17, 15) is 19.4 Å². The number of allylic oxidation sites excluding steroid dienone is 2. The molecular formula is C37H47FO5Si. The zero-order chi connectivity index (χ0) is 31.8. The number of halogens is 1. The Bertz CT molecular complexity index is 1320. The summed E-state index contributed by atoms with van der Waals surface area (Å²) >= 11 is 0. The van der Waals surface area contributed by atoms with E-state index >= 15 is 0 Å². The van der Waals surface area contributed by atoms with E-state index in [0.29, 0.717) is 32.3 Å². The second kappa shape index (κ2) is 14.8. The summed E-state index contributed by atoms with van der Waals surface area (Å²) in [6, 6.07) is 27.2. The molecule has 0 aromatic heterocycles. The van der Waals surface area contributed by atoms with Gasteiger partial charge >= 0.3 is 5.97 Å². The third-order valence-corrected chi connectivity index (χ3v) is 14.4. The summed E-state index contributed by atoms with van der Waals surface area (Å²) < 4.78 is 26.0. The number of rotatable bonds is 13. The molecule has 1 aliphatic carbocycles. The monoisotopic (exact) mass is 618 g/mol. The highest BCUT2D eigenvalue weighted by Gasteiger charge is 2.56. The SMILES string of the molecule is COC(=O)CCCC=CC[C@@H]1[C@@H](CO[Si](c2ccccc2)(c2ccccc2)C(C)(C)C)[C@H](O)C[C@@]1(CO)c1ccc(F)cc1. The Morgan fingerprint density at radius 1 is 0.977 bits per heavy atom. The lowest BCUT2D eigenvalue weighted by Gasteiger charge is -2.44. The molecule has 1 fully saturated rings. The van der Waals surface area contributed by atoms with Crippen molar-refractivity contribution >= 4 is 24.7 Å². The first kappa shape index (κ1) is 33.8. The highest BCUT2D eigenvalue weighted by molar-refractivity contribution is 6.99. The van der Waals surface area contributed by atoms with Crippen molar-refractivity contribution in [3.8, 4) is 0 Å². The molecule has 0 bridgehead atoms. The molecular weight excluding hydrogens is 571 g/mol. The fourth-order valence-electron chi connectivity index (χ4n) is 7.18. The molecule has 0 unspecified atom stereocenters. The number of methoxy groups -OCH3 is 1. The summed E-state index contributed by atoms with van der Waals surface area (Å²) in [6.45, 7) is 6.84. The summed E-state index contributed by atoms with van der Waals surface area (Å²) in [5, 5.41) is 24.8. The van der Waals surface area contributed by atoms with Gasteiger partial charge in [-0.25, -0.2) is 4.39 Å². The Morgan fingerprint density at radius 2 is 1.57 bits per heavy atom. The lowest BCUT2D eigenvalue weighted by atomic mass is 9.69. The molecule has 236 valence electrons. The Kier molecular flexibility index (Phi) is 11.4. The number of hydrogen-bond donors (Lipinski definition) is 2. The van der Waals surface area contributed by atoms with Crippen LogP contribution in [0, 0.1) is 17.7 Å². The van der Waals surface area contributed by atoms with Crippen molar-refractivity contribution in [3.05, 3.63) is 108 Å². The fourth-order valence-corrected chi connectivity index (χ4v) is 11.8. The fraction of sp³-hybridized carbons (Fsp3) is 0.432. The van der Waals surface area contributed by atoms with Gasteiger partial charge in [-0.1, -0.05) is 106 Å². The maximum atomic E-state index is 14.0. The van der Waals surface area contributed by atoms with Crippen molar-refractivity contribution in [3.63, 3.8) is 0 Å². The predicted octanol–water partition coefficient (Wildman–Crippen LogP) is 5.92. The third kappa shape index (κ3) is 7.07. The minimum Gasteiger partial charge on any atom is -0.469 e. The number of esters is 1. The van der Waals surface area contributed by atoms with Crippen molar-refractivity contribution in [1.82, 2.24) is 0 Å². The van der Waals surface area contributed by atoms with Crippen LogP contribution in [0.4, 0.5) is 4.39 Å². The van der Waals surface area contributed by atoms with Gasteiger partial charge in [0.1, 0.15) is 5.82 Å². The summed E-state index contributed by atoms with van der Waals surface area (Å²) in [5.74, 6) is -1.00. The highest BCUT2D eigenvalue weighted by atomic mass is 28.4. The summed E-state index contributed by atoms with van der Waals surface area (Å²) in [4.78, 5) is 11.5. The third-order valence-electron chi connectivity index (χ3n) is 9.44. The van der Waals surface area contributed by atoms with Crippen LogP contribution < -0.4 is 10.4 Å². The van der Waals surface area contributed by atoms with E-state index in [1.165, 1.54) is 29.6 Å². The number of aliphatic hydroxyl groups is 2. The van der Waals surface area contributed by atoms with Crippen LogP contribution >= 0.6 is 0 Å². The molecule has 5 nitrogen and oxygen atoms in total. The van der Waals surface area contributed by atoms with E-state index in [0.717, 1.165) is 12.0 Å². The van der Waals surface area contributed by atoms with Gasteiger partial charge in [0, 0.05) is 24.4 Å². The number of benzene rings is 3. The van der Waals surface area contributed by atoms with E-state index in [-0.39, 0.29) is 35.3 Å². The van der Waals surface area contributed by atoms with Gasteiger partial charge in [-0.3, -0.25) is 4.79 Å². The van der Waals surface area contributed by atoms with Crippen molar-refractivity contribution in [2.75, 3.05) is 20.3 Å². The Hall–Kier alpha value is -3.10. The maximum absolute atomic E-state index is 14.0. The maximum Gasteiger partial charge on any atom is 0.305 e. The molecule has 7 heteroatoms. The van der Waals surface area contributed by atoms with E-state index in [2.05, 4.69) is 81.5 Å². The summed E-state index contributed by atoms with van der Waals surface area (Å²) in [6.07, 6.45) is 6.13. The standard InChI is InChI=1S/C37H47FO5Si/c1-36(2,3)44(30-15-9-7-10-16-30,31-17-11-8-12-18-31)43-26-32-33(19-13-5-6-14-20-35(41)42-4)37(27-39,25-34(32)40)28-21-23-29(38)24-22-28/h5,7-13,15-18,21-24,32-34,39-40H,6,14,19-20,25-27H2,1-4H3/t32-,33-,34-,37-/m1/s1. The lowest BCUT2D eigenvalue weighted by molar-refractivity contribution is -0.140. The second-order valence-electron chi connectivity index (χ2n) is 13.0. The first-order chi connectivity index (χ1) is 21.1. The molecule has 0 spiro atoms. The molecule has 2 N–H and O–H groups in total.